The van der Waals surface area contributed by atoms with Crippen LogP contribution in [0.15, 0.2) is 12.2 Å². The zero-order valence-corrected chi connectivity index (χ0v) is 10.5. The van der Waals surface area contributed by atoms with E-state index in [9.17, 15) is 14.4 Å². The predicted molar refractivity (Wildman–Crippen MR) is 63.4 cm³/mol. The molecule has 4 N–H and O–H groups in total. The van der Waals surface area contributed by atoms with Gasteiger partial charge in [-0.1, -0.05) is 6.08 Å². The average molecular weight is 255 g/mol. The van der Waals surface area contributed by atoms with Gasteiger partial charge in [0.15, 0.2) is 0 Å². The van der Waals surface area contributed by atoms with E-state index < -0.39 is 29.7 Å². The topological polar surface area (TPSA) is 111 Å². The second kappa shape index (κ2) is 5.07. The summed E-state index contributed by atoms with van der Waals surface area (Å²) in [7, 11) is 0. The number of carbonyl (C=O) groups excluding carboxylic acids is 3. The summed E-state index contributed by atoms with van der Waals surface area (Å²) in [5.74, 6) is -0.952. The van der Waals surface area contributed by atoms with Gasteiger partial charge in [-0.25, -0.2) is 4.79 Å². The van der Waals surface area contributed by atoms with Crippen LogP contribution in [0.3, 0.4) is 0 Å². The lowest BCUT2D eigenvalue weighted by atomic mass is 9.99. The van der Waals surface area contributed by atoms with Gasteiger partial charge < -0.3 is 21.1 Å². The highest BCUT2D eigenvalue weighted by Crippen LogP contribution is 2.11. The normalized spacial score (nSPS) is 23.2. The van der Waals surface area contributed by atoms with E-state index in [0.29, 0.717) is 0 Å². The molecule has 1 fully saturated rings. The van der Waals surface area contributed by atoms with Gasteiger partial charge in [-0.2, -0.15) is 0 Å². The number of primary amides is 1. The molecule has 0 spiro atoms. The quantitative estimate of drug-likeness (QED) is 0.462. The third-order valence-electron chi connectivity index (χ3n) is 2.09. The van der Waals surface area contributed by atoms with Crippen molar-refractivity contribution >= 4 is 17.9 Å². The lowest BCUT2D eigenvalue weighted by Gasteiger charge is -2.35. The fourth-order valence-electron chi connectivity index (χ4n) is 1.35. The van der Waals surface area contributed by atoms with Gasteiger partial charge in [-0.3, -0.25) is 9.59 Å². The standard InChI is InChI=1S/C11H17N3O4/c1-11(2,3)18-10(17)14-8-6(13-9(8)16)4-5-7(12)15/h4-6,8H,1-3H3,(H2,12,15)(H,13,16)(H,14,17)/b5-4+/t6-,8+/m0/s1. The minimum absolute atomic E-state index is 0.333. The Hall–Kier alpha value is -2.05. The Morgan fingerprint density at radius 3 is 2.50 bits per heavy atom. The molecule has 0 aromatic heterocycles. The molecule has 1 heterocycles. The SMILES string of the molecule is CC(C)(C)OC(=O)N[C@H]1C(=O)N[C@H]1/C=C/C(N)=O. The van der Waals surface area contributed by atoms with Crippen LogP contribution in [0.2, 0.25) is 0 Å². The number of ether oxygens (including phenoxy) is 1. The van der Waals surface area contributed by atoms with Gasteiger partial charge in [-0.15, -0.1) is 0 Å². The number of nitrogens with two attached hydrogens (primary N) is 1. The summed E-state index contributed by atoms with van der Waals surface area (Å²) < 4.78 is 5.02. The number of alkyl carbamates (subject to hydrolysis) is 1. The molecule has 0 aromatic carbocycles. The molecule has 1 aliphatic heterocycles. The average Bonchev–Trinajstić information content (AvgIpc) is 2.18. The van der Waals surface area contributed by atoms with Crippen LogP contribution in [0.4, 0.5) is 4.79 Å². The molecule has 7 heteroatoms. The highest BCUT2D eigenvalue weighted by Gasteiger charge is 2.39. The Labute approximate surface area is 105 Å². The zero-order valence-electron chi connectivity index (χ0n) is 10.5. The molecule has 0 saturated carbocycles. The second-order valence-electron chi connectivity index (χ2n) is 4.92. The lowest BCUT2D eigenvalue weighted by molar-refractivity contribution is -0.130. The van der Waals surface area contributed by atoms with Gasteiger partial charge in [0.25, 0.3) is 0 Å². The van der Waals surface area contributed by atoms with E-state index in [1.165, 1.54) is 6.08 Å². The molecule has 0 bridgehead atoms. The third kappa shape index (κ3) is 4.08. The first-order valence-corrected chi connectivity index (χ1v) is 5.46. The summed E-state index contributed by atoms with van der Waals surface area (Å²) >= 11 is 0. The van der Waals surface area contributed by atoms with Crippen LogP contribution in [0.5, 0.6) is 0 Å². The van der Waals surface area contributed by atoms with E-state index >= 15 is 0 Å². The van der Waals surface area contributed by atoms with Crippen LogP contribution in [-0.4, -0.2) is 35.6 Å². The maximum Gasteiger partial charge on any atom is 0.408 e. The van der Waals surface area contributed by atoms with Crippen LogP contribution >= 0.6 is 0 Å². The van der Waals surface area contributed by atoms with Crippen molar-refractivity contribution in [1.82, 2.24) is 10.6 Å². The molecule has 100 valence electrons. The number of nitrogens with one attached hydrogen (secondary N) is 2. The Bertz CT molecular complexity index is 398. The van der Waals surface area contributed by atoms with Crippen molar-refractivity contribution in [2.24, 2.45) is 5.73 Å². The summed E-state index contributed by atoms with van der Waals surface area (Å²) in [5.41, 5.74) is 4.30. The smallest absolute Gasteiger partial charge is 0.408 e. The highest BCUT2D eigenvalue weighted by atomic mass is 16.6. The minimum atomic E-state index is -0.740. The number of rotatable bonds is 3. The number of carbonyl (C=O) groups is 3. The van der Waals surface area contributed by atoms with Crippen LogP contribution in [0.1, 0.15) is 20.8 Å². The fourth-order valence-corrected chi connectivity index (χ4v) is 1.35. The number of hydrogen-bond acceptors (Lipinski definition) is 4. The van der Waals surface area contributed by atoms with E-state index in [1.807, 2.05) is 0 Å². The molecule has 1 rings (SSSR count). The van der Waals surface area contributed by atoms with E-state index in [1.54, 1.807) is 20.8 Å². The molecule has 2 atom stereocenters. The molecule has 1 saturated heterocycles. The first kappa shape index (κ1) is 14.0. The first-order valence-electron chi connectivity index (χ1n) is 5.46. The molecule has 18 heavy (non-hydrogen) atoms. The van der Waals surface area contributed by atoms with E-state index in [-0.39, 0.29) is 5.91 Å². The lowest BCUT2D eigenvalue weighted by Crippen LogP contribution is -2.68. The molecule has 3 amide bonds. The van der Waals surface area contributed by atoms with Gasteiger partial charge in [0.1, 0.15) is 11.6 Å². The summed E-state index contributed by atoms with van der Waals surface area (Å²) in [6.45, 7) is 5.16. The van der Waals surface area contributed by atoms with E-state index in [0.717, 1.165) is 6.08 Å². The highest BCUT2D eigenvalue weighted by molar-refractivity contribution is 5.94. The first-order chi connectivity index (χ1) is 8.19. The van der Waals surface area contributed by atoms with Gasteiger partial charge in [0.05, 0.1) is 6.04 Å². The van der Waals surface area contributed by atoms with Crippen molar-refractivity contribution in [1.29, 1.82) is 0 Å². The Balaban J connectivity index is 2.52. The van der Waals surface area contributed by atoms with Crippen LogP contribution in [0.25, 0.3) is 0 Å². The minimum Gasteiger partial charge on any atom is -0.444 e. The van der Waals surface area contributed by atoms with Crippen LogP contribution in [0, 0.1) is 0 Å². The molecule has 7 nitrogen and oxygen atoms in total. The predicted octanol–water partition coefficient (Wildman–Crippen LogP) is -0.580. The van der Waals surface area contributed by atoms with Gasteiger partial charge in [0.2, 0.25) is 11.8 Å². The molecule has 0 radical (unpaired) electrons. The summed E-state index contributed by atoms with van der Waals surface area (Å²) in [6.07, 6.45) is 1.87. The molecular formula is C11H17N3O4. The van der Waals surface area contributed by atoms with Gasteiger partial charge in [0, 0.05) is 6.08 Å². The monoisotopic (exact) mass is 255 g/mol. The largest absolute Gasteiger partial charge is 0.444 e. The zero-order chi connectivity index (χ0) is 13.9. The number of amides is 3. The van der Waals surface area contributed by atoms with Gasteiger partial charge >= 0.3 is 6.09 Å². The Kier molecular flexibility index (Phi) is 3.95. The maximum absolute atomic E-state index is 11.5. The molecular weight excluding hydrogens is 238 g/mol. The van der Waals surface area contributed by atoms with E-state index in [2.05, 4.69) is 10.6 Å². The Morgan fingerprint density at radius 2 is 2.06 bits per heavy atom. The maximum atomic E-state index is 11.5. The van der Waals surface area contributed by atoms with Crippen LogP contribution in [-0.2, 0) is 14.3 Å². The second-order valence-corrected chi connectivity index (χ2v) is 4.92. The number of hydrogen-bond donors (Lipinski definition) is 3. The number of β-lactam (4-membered cyclic amide) rings is 1. The molecule has 0 aromatic rings. The third-order valence-corrected chi connectivity index (χ3v) is 2.09. The van der Waals surface area contributed by atoms with Crippen molar-refractivity contribution in [3.8, 4) is 0 Å². The van der Waals surface area contributed by atoms with Crippen LogP contribution < -0.4 is 16.4 Å². The van der Waals surface area contributed by atoms with Crippen molar-refractivity contribution < 1.29 is 19.1 Å². The van der Waals surface area contributed by atoms with Crippen molar-refractivity contribution in [2.75, 3.05) is 0 Å². The summed E-state index contributed by atoms with van der Waals surface area (Å²) in [5, 5.41) is 4.93. The summed E-state index contributed by atoms with van der Waals surface area (Å²) in [6, 6.07) is -1.19. The fraction of sp³-hybridized carbons (Fsp3) is 0.545. The van der Waals surface area contributed by atoms with Crippen molar-refractivity contribution in [3.05, 3.63) is 12.2 Å². The Morgan fingerprint density at radius 1 is 1.44 bits per heavy atom. The summed E-state index contributed by atoms with van der Waals surface area (Å²) in [4.78, 5) is 33.3. The molecule has 1 aliphatic rings. The molecule has 0 aliphatic carbocycles. The van der Waals surface area contributed by atoms with Crippen molar-refractivity contribution in [2.45, 2.75) is 38.5 Å². The van der Waals surface area contributed by atoms with Crippen molar-refractivity contribution in [3.63, 3.8) is 0 Å². The molecule has 0 unspecified atom stereocenters. The van der Waals surface area contributed by atoms with Gasteiger partial charge in [-0.05, 0) is 20.8 Å². The van der Waals surface area contributed by atoms with E-state index in [4.69, 9.17) is 10.5 Å².